The zero-order chi connectivity index (χ0) is 17.1. The van der Waals surface area contributed by atoms with Crippen molar-refractivity contribution in [3.8, 4) is 10.6 Å². The lowest BCUT2D eigenvalue weighted by Gasteiger charge is -2.14. The number of anilines is 2. The number of hydrogen-bond donors (Lipinski definition) is 1. The molecule has 0 fully saturated rings. The van der Waals surface area contributed by atoms with Gasteiger partial charge in [-0.1, -0.05) is 34.5 Å². The maximum Gasteiger partial charge on any atom is 0.327 e. The van der Waals surface area contributed by atoms with E-state index < -0.39 is 0 Å². The van der Waals surface area contributed by atoms with Gasteiger partial charge in [0.1, 0.15) is 5.01 Å². The molecule has 0 atom stereocenters. The summed E-state index contributed by atoms with van der Waals surface area (Å²) in [7, 11) is 1.61. The highest BCUT2D eigenvalue weighted by Crippen LogP contribution is 2.29. The van der Waals surface area contributed by atoms with E-state index in [1.807, 2.05) is 12.1 Å². The second kappa shape index (κ2) is 7.12. The minimum absolute atomic E-state index is 0.356. The van der Waals surface area contributed by atoms with Gasteiger partial charge >= 0.3 is 6.03 Å². The number of pyridine rings is 1. The van der Waals surface area contributed by atoms with Crippen LogP contribution in [-0.2, 0) is 0 Å². The summed E-state index contributed by atoms with van der Waals surface area (Å²) in [5.41, 5.74) is 1.44. The van der Waals surface area contributed by atoms with E-state index in [0.29, 0.717) is 25.9 Å². The quantitative estimate of drug-likeness (QED) is 0.722. The first-order valence-corrected chi connectivity index (χ1v) is 8.35. The first-order valence-electron chi connectivity index (χ1n) is 6.78. The molecule has 0 bridgehead atoms. The van der Waals surface area contributed by atoms with Gasteiger partial charge in [0.05, 0.1) is 10.0 Å². The first kappa shape index (κ1) is 16.6. The summed E-state index contributed by atoms with van der Waals surface area (Å²) in [6.45, 7) is 0. The van der Waals surface area contributed by atoms with Crippen LogP contribution in [0, 0.1) is 0 Å². The number of hydrogen-bond acceptors (Lipinski definition) is 5. The Morgan fingerprint density at radius 2 is 1.88 bits per heavy atom. The average molecular weight is 380 g/mol. The average Bonchev–Trinajstić information content (AvgIpc) is 3.08. The molecule has 1 aromatic carbocycles. The van der Waals surface area contributed by atoms with Crippen LogP contribution < -0.4 is 10.2 Å². The summed E-state index contributed by atoms with van der Waals surface area (Å²) in [5, 5.41) is 12.9. The second-order valence-electron chi connectivity index (χ2n) is 4.74. The van der Waals surface area contributed by atoms with Crippen LogP contribution in [0.3, 0.4) is 0 Å². The maximum absolute atomic E-state index is 12.3. The summed E-state index contributed by atoms with van der Waals surface area (Å²) in [4.78, 5) is 17.7. The molecule has 3 rings (SSSR count). The Labute approximate surface area is 152 Å². The first-order chi connectivity index (χ1) is 11.5. The van der Waals surface area contributed by atoms with Crippen LogP contribution in [0.15, 0.2) is 42.7 Å². The van der Waals surface area contributed by atoms with Crippen molar-refractivity contribution in [1.82, 2.24) is 15.2 Å². The SMILES string of the molecule is CN(C(=O)Nc1ccc(Cl)c(Cl)c1)c1nnc(-c2ccncc2)s1. The molecule has 2 aromatic heterocycles. The second-order valence-corrected chi connectivity index (χ2v) is 6.51. The minimum atomic E-state index is -0.356. The van der Waals surface area contributed by atoms with E-state index in [4.69, 9.17) is 23.2 Å². The fraction of sp³-hybridized carbons (Fsp3) is 0.0667. The van der Waals surface area contributed by atoms with Crippen molar-refractivity contribution in [3.63, 3.8) is 0 Å². The smallest absolute Gasteiger partial charge is 0.307 e. The number of amides is 2. The fourth-order valence-corrected chi connectivity index (χ4v) is 2.94. The number of halogens is 2. The molecule has 2 amide bonds. The van der Waals surface area contributed by atoms with Gasteiger partial charge in [-0.2, -0.15) is 0 Å². The molecule has 0 saturated carbocycles. The molecule has 9 heteroatoms. The van der Waals surface area contributed by atoms with E-state index >= 15 is 0 Å². The number of rotatable bonds is 3. The number of carbonyl (C=O) groups excluding carboxylic acids is 1. The van der Waals surface area contributed by atoms with Gasteiger partial charge in [0.25, 0.3) is 0 Å². The predicted octanol–water partition coefficient (Wildman–Crippen LogP) is 4.58. The predicted molar refractivity (Wildman–Crippen MR) is 97.0 cm³/mol. The Morgan fingerprint density at radius 3 is 2.58 bits per heavy atom. The van der Waals surface area contributed by atoms with Crippen LogP contribution in [0.25, 0.3) is 10.6 Å². The van der Waals surface area contributed by atoms with E-state index in [9.17, 15) is 4.79 Å². The molecule has 0 saturated heterocycles. The van der Waals surface area contributed by atoms with Gasteiger partial charge in [0.2, 0.25) is 5.13 Å². The molecule has 0 radical (unpaired) electrons. The molecule has 0 aliphatic carbocycles. The fourth-order valence-electron chi connectivity index (χ4n) is 1.83. The van der Waals surface area contributed by atoms with Crippen molar-refractivity contribution < 1.29 is 4.79 Å². The normalized spacial score (nSPS) is 10.5. The molecule has 24 heavy (non-hydrogen) atoms. The number of benzene rings is 1. The Bertz CT molecular complexity index is 871. The molecule has 0 aliphatic rings. The number of carbonyl (C=O) groups is 1. The van der Waals surface area contributed by atoms with Gasteiger partial charge in [0, 0.05) is 30.7 Å². The van der Waals surface area contributed by atoms with Gasteiger partial charge in [-0.15, -0.1) is 10.2 Å². The van der Waals surface area contributed by atoms with E-state index in [1.54, 1.807) is 37.6 Å². The van der Waals surface area contributed by atoms with Gasteiger partial charge in [-0.25, -0.2) is 4.79 Å². The molecule has 0 unspecified atom stereocenters. The number of aromatic nitrogens is 3. The van der Waals surface area contributed by atoms with Crippen LogP contribution in [-0.4, -0.2) is 28.3 Å². The Balaban J connectivity index is 1.74. The summed E-state index contributed by atoms with van der Waals surface area (Å²) >= 11 is 13.1. The Hall–Kier alpha value is -2.22. The highest BCUT2D eigenvalue weighted by molar-refractivity contribution is 7.18. The third kappa shape index (κ3) is 3.64. The molecule has 0 aliphatic heterocycles. The topological polar surface area (TPSA) is 71.0 Å². The minimum Gasteiger partial charge on any atom is -0.307 e. The summed E-state index contributed by atoms with van der Waals surface area (Å²) < 4.78 is 0. The largest absolute Gasteiger partial charge is 0.327 e. The Morgan fingerprint density at radius 1 is 1.12 bits per heavy atom. The van der Waals surface area contributed by atoms with Gasteiger partial charge in [-0.3, -0.25) is 9.88 Å². The van der Waals surface area contributed by atoms with Crippen molar-refractivity contribution >= 4 is 51.4 Å². The standard InChI is InChI=1S/C15H11Cl2N5OS/c1-22(14(23)19-10-2-3-11(16)12(17)8-10)15-21-20-13(24-15)9-4-6-18-7-5-9/h2-8H,1H3,(H,19,23). The van der Waals surface area contributed by atoms with Crippen LogP contribution in [0.4, 0.5) is 15.6 Å². The van der Waals surface area contributed by atoms with Crippen molar-refractivity contribution in [2.24, 2.45) is 0 Å². The molecule has 2 heterocycles. The lowest BCUT2D eigenvalue weighted by molar-refractivity contribution is 0.258. The lowest BCUT2D eigenvalue weighted by Crippen LogP contribution is -2.31. The molecule has 122 valence electrons. The number of nitrogens with zero attached hydrogens (tertiary/aromatic N) is 4. The summed E-state index contributed by atoms with van der Waals surface area (Å²) in [6.07, 6.45) is 3.36. The lowest BCUT2D eigenvalue weighted by atomic mass is 10.3. The van der Waals surface area contributed by atoms with Crippen molar-refractivity contribution in [2.45, 2.75) is 0 Å². The number of urea groups is 1. The van der Waals surface area contributed by atoms with Gasteiger partial charge in [0.15, 0.2) is 0 Å². The van der Waals surface area contributed by atoms with E-state index in [0.717, 1.165) is 5.56 Å². The van der Waals surface area contributed by atoms with E-state index in [2.05, 4.69) is 20.5 Å². The third-order valence-electron chi connectivity index (χ3n) is 3.10. The highest BCUT2D eigenvalue weighted by Gasteiger charge is 2.17. The molecular formula is C15H11Cl2N5OS. The molecule has 3 aromatic rings. The zero-order valence-corrected chi connectivity index (χ0v) is 14.7. The van der Waals surface area contributed by atoms with E-state index in [-0.39, 0.29) is 6.03 Å². The van der Waals surface area contributed by atoms with Crippen LogP contribution in [0.1, 0.15) is 0 Å². The zero-order valence-electron chi connectivity index (χ0n) is 12.4. The van der Waals surface area contributed by atoms with Crippen molar-refractivity contribution in [2.75, 3.05) is 17.3 Å². The number of nitrogens with one attached hydrogen (secondary N) is 1. The maximum atomic E-state index is 12.3. The Kier molecular flexibility index (Phi) is 4.94. The van der Waals surface area contributed by atoms with Gasteiger partial charge in [-0.05, 0) is 30.3 Å². The molecule has 1 N–H and O–H groups in total. The van der Waals surface area contributed by atoms with Crippen molar-refractivity contribution in [3.05, 3.63) is 52.8 Å². The van der Waals surface area contributed by atoms with Crippen LogP contribution in [0.5, 0.6) is 0 Å². The van der Waals surface area contributed by atoms with E-state index in [1.165, 1.54) is 16.2 Å². The molecular weight excluding hydrogens is 369 g/mol. The van der Waals surface area contributed by atoms with Gasteiger partial charge < -0.3 is 5.32 Å². The van der Waals surface area contributed by atoms with Crippen LogP contribution >= 0.6 is 34.5 Å². The highest BCUT2D eigenvalue weighted by atomic mass is 35.5. The molecule has 0 spiro atoms. The monoisotopic (exact) mass is 379 g/mol. The van der Waals surface area contributed by atoms with Crippen LogP contribution in [0.2, 0.25) is 10.0 Å². The summed E-state index contributed by atoms with van der Waals surface area (Å²) in [5.74, 6) is 0. The van der Waals surface area contributed by atoms with Crippen molar-refractivity contribution in [1.29, 1.82) is 0 Å². The molecule has 6 nitrogen and oxygen atoms in total. The summed E-state index contributed by atoms with van der Waals surface area (Å²) in [6, 6.07) is 8.18. The third-order valence-corrected chi connectivity index (χ3v) is 4.89.